The summed E-state index contributed by atoms with van der Waals surface area (Å²) in [6, 6.07) is 0. The molecule has 0 unspecified atom stereocenters. The Labute approximate surface area is 97.4 Å². The highest BCUT2D eigenvalue weighted by Gasteiger charge is 2.33. The van der Waals surface area contributed by atoms with Gasteiger partial charge in [0, 0.05) is 0 Å². The molecule has 0 saturated carbocycles. The van der Waals surface area contributed by atoms with E-state index in [9.17, 15) is 9.59 Å². The molecule has 0 aliphatic heterocycles. The smallest absolute Gasteiger partial charge is 0.226 e. The zero-order chi connectivity index (χ0) is 12.7. The second kappa shape index (κ2) is 3.69. The molecule has 0 saturated heterocycles. The molecule has 0 radical (unpaired) electrons. The lowest BCUT2D eigenvalue weighted by atomic mass is 9.70. The zero-order valence-electron chi connectivity index (χ0n) is 11.0. The molecule has 88 valence electrons. The molecule has 2 heteroatoms. The first-order valence-electron chi connectivity index (χ1n) is 5.56. The van der Waals surface area contributed by atoms with Crippen LogP contribution in [0.3, 0.4) is 0 Å². The monoisotopic (exact) mass is 220 g/mol. The van der Waals surface area contributed by atoms with Gasteiger partial charge in [0.2, 0.25) is 11.6 Å². The number of hydrogen-bond donors (Lipinski definition) is 0. The normalized spacial score (nSPS) is 18.4. The fourth-order valence-corrected chi connectivity index (χ4v) is 1.80. The molecule has 1 aliphatic rings. The molecule has 0 aromatic carbocycles. The van der Waals surface area contributed by atoms with Crippen molar-refractivity contribution in [3.8, 4) is 0 Å². The van der Waals surface area contributed by atoms with Gasteiger partial charge in [-0.3, -0.25) is 9.59 Å². The third-order valence-corrected chi connectivity index (χ3v) is 2.70. The predicted octanol–water partition coefficient (Wildman–Crippen LogP) is 3.08. The van der Waals surface area contributed by atoms with Crippen LogP contribution in [0.5, 0.6) is 0 Å². The third kappa shape index (κ3) is 2.49. The van der Waals surface area contributed by atoms with Crippen LogP contribution < -0.4 is 0 Å². The summed E-state index contributed by atoms with van der Waals surface area (Å²) in [5.74, 6) is -0.809. The van der Waals surface area contributed by atoms with Crippen molar-refractivity contribution in [1.82, 2.24) is 0 Å². The van der Waals surface area contributed by atoms with Crippen LogP contribution in [0.2, 0.25) is 0 Å². The molecular formula is C14H20O2. The molecule has 0 aromatic rings. The van der Waals surface area contributed by atoms with Crippen LogP contribution in [0.25, 0.3) is 0 Å². The van der Waals surface area contributed by atoms with Gasteiger partial charge in [-0.1, -0.05) is 41.5 Å². The molecule has 0 heterocycles. The van der Waals surface area contributed by atoms with Crippen LogP contribution >= 0.6 is 0 Å². The second-order valence-corrected chi connectivity index (χ2v) is 6.34. The Morgan fingerprint density at radius 1 is 0.688 bits per heavy atom. The van der Waals surface area contributed by atoms with Gasteiger partial charge in [-0.15, -0.1) is 0 Å². The Kier molecular flexibility index (Phi) is 2.97. The number of rotatable bonds is 0. The molecule has 0 fully saturated rings. The lowest BCUT2D eigenvalue weighted by molar-refractivity contribution is -0.131. The summed E-state index contributed by atoms with van der Waals surface area (Å²) < 4.78 is 0. The number of hydrogen-bond acceptors (Lipinski definition) is 2. The molecule has 2 nitrogen and oxygen atoms in total. The Hall–Kier alpha value is -1.18. The van der Waals surface area contributed by atoms with Crippen molar-refractivity contribution < 1.29 is 9.59 Å². The van der Waals surface area contributed by atoms with Crippen molar-refractivity contribution >= 4 is 11.6 Å². The van der Waals surface area contributed by atoms with Crippen LogP contribution in [0, 0.1) is 10.8 Å². The molecule has 1 aliphatic carbocycles. The highest BCUT2D eigenvalue weighted by atomic mass is 16.2. The highest BCUT2D eigenvalue weighted by Crippen LogP contribution is 2.41. The lowest BCUT2D eigenvalue weighted by Gasteiger charge is -2.34. The Morgan fingerprint density at radius 2 is 0.938 bits per heavy atom. The fraction of sp³-hybridized carbons (Fsp3) is 0.571. The van der Waals surface area contributed by atoms with Gasteiger partial charge in [0.1, 0.15) is 0 Å². The van der Waals surface area contributed by atoms with E-state index < -0.39 is 11.6 Å². The van der Waals surface area contributed by atoms with Crippen LogP contribution in [0.4, 0.5) is 0 Å². The average Bonchev–Trinajstić information content (AvgIpc) is 2.05. The van der Waals surface area contributed by atoms with Gasteiger partial charge >= 0.3 is 0 Å². The van der Waals surface area contributed by atoms with Gasteiger partial charge in [-0.05, 0) is 34.1 Å². The fourth-order valence-electron chi connectivity index (χ4n) is 1.80. The zero-order valence-corrected chi connectivity index (χ0v) is 11.0. The Morgan fingerprint density at radius 3 is 1.12 bits per heavy atom. The standard InChI is InChI=1S/C14H20O2/c1-13(2,3)9-7-11(15)12(16)8-10(9)14(4,5)6/h7-8H,1-6H3. The molecule has 1 rings (SSSR count). The quantitative estimate of drug-likeness (QED) is 0.464. The Balaban J connectivity index is 3.34. The second-order valence-electron chi connectivity index (χ2n) is 6.34. The SMILES string of the molecule is CC(C)(C)C1=CC(=O)C(=O)C=C1C(C)(C)C. The third-order valence-electron chi connectivity index (χ3n) is 2.70. The summed E-state index contributed by atoms with van der Waals surface area (Å²) in [5.41, 5.74) is 1.72. The van der Waals surface area contributed by atoms with Gasteiger partial charge in [-0.2, -0.15) is 0 Å². The average molecular weight is 220 g/mol. The van der Waals surface area contributed by atoms with Crippen molar-refractivity contribution in [3.05, 3.63) is 23.3 Å². The molecular weight excluding hydrogens is 200 g/mol. The van der Waals surface area contributed by atoms with E-state index in [4.69, 9.17) is 0 Å². The number of allylic oxidation sites excluding steroid dienone is 4. The first-order chi connectivity index (χ1) is 7.03. The van der Waals surface area contributed by atoms with E-state index in [0.29, 0.717) is 0 Å². The summed E-state index contributed by atoms with van der Waals surface area (Å²) in [6.45, 7) is 12.3. The first kappa shape index (κ1) is 12.9. The van der Waals surface area contributed by atoms with E-state index in [1.807, 2.05) is 0 Å². The van der Waals surface area contributed by atoms with Gasteiger partial charge in [-0.25, -0.2) is 0 Å². The van der Waals surface area contributed by atoms with Gasteiger partial charge in [0.25, 0.3) is 0 Å². The minimum Gasteiger partial charge on any atom is -0.286 e. The number of ketones is 2. The summed E-state index contributed by atoms with van der Waals surface area (Å²) in [5, 5.41) is 0. The summed E-state index contributed by atoms with van der Waals surface area (Å²) in [4.78, 5) is 22.9. The van der Waals surface area contributed by atoms with Crippen LogP contribution in [0.15, 0.2) is 23.3 Å². The van der Waals surface area contributed by atoms with Crippen LogP contribution in [-0.2, 0) is 9.59 Å². The largest absolute Gasteiger partial charge is 0.286 e. The lowest BCUT2D eigenvalue weighted by Crippen LogP contribution is -2.27. The minimum absolute atomic E-state index is 0.116. The van der Waals surface area contributed by atoms with E-state index in [0.717, 1.165) is 11.1 Å². The maximum Gasteiger partial charge on any atom is 0.226 e. The minimum atomic E-state index is -0.405. The van der Waals surface area contributed by atoms with Crippen molar-refractivity contribution in [2.75, 3.05) is 0 Å². The van der Waals surface area contributed by atoms with Gasteiger partial charge in [0.05, 0.1) is 0 Å². The molecule has 0 N–H and O–H groups in total. The summed E-state index contributed by atoms with van der Waals surface area (Å²) in [6.07, 6.45) is 3.01. The molecule has 0 atom stereocenters. The van der Waals surface area contributed by atoms with E-state index in [-0.39, 0.29) is 10.8 Å². The van der Waals surface area contributed by atoms with E-state index in [2.05, 4.69) is 41.5 Å². The van der Waals surface area contributed by atoms with E-state index in [1.165, 1.54) is 12.2 Å². The van der Waals surface area contributed by atoms with Gasteiger partial charge in [0.15, 0.2) is 0 Å². The van der Waals surface area contributed by atoms with E-state index in [1.54, 1.807) is 0 Å². The molecule has 0 spiro atoms. The van der Waals surface area contributed by atoms with Crippen molar-refractivity contribution in [1.29, 1.82) is 0 Å². The molecule has 0 bridgehead atoms. The maximum atomic E-state index is 11.5. The van der Waals surface area contributed by atoms with E-state index >= 15 is 0 Å². The molecule has 0 aromatic heterocycles. The topological polar surface area (TPSA) is 34.1 Å². The first-order valence-corrected chi connectivity index (χ1v) is 5.56. The molecule has 16 heavy (non-hydrogen) atoms. The number of carbonyl (C=O) groups is 2. The van der Waals surface area contributed by atoms with Gasteiger partial charge < -0.3 is 0 Å². The van der Waals surface area contributed by atoms with Crippen LogP contribution in [-0.4, -0.2) is 11.6 Å². The van der Waals surface area contributed by atoms with Crippen molar-refractivity contribution in [3.63, 3.8) is 0 Å². The predicted molar refractivity (Wildman–Crippen MR) is 65.1 cm³/mol. The van der Waals surface area contributed by atoms with Crippen molar-refractivity contribution in [2.45, 2.75) is 41.5 Å². The summed E-state index contributed by atoms with van der Waals surface area (Å²) in [7, 11) is 0. The number of carbonyl (C=O) groups excluding carboxylic acids is 2. The molecule has 0 amide bonds. The highest BCUT2D eigenvalue weighted by molar-refractivity contribution is 6.46. The van der Waals surface area contributed by atoms with Crippen LogP contribution in [0.1, 0.15) is 41.5 Å². The summed E-state index contributed by atoms with van der Waals surface area (Å²) >= 11 is 0. The maximum absolute atomic E-state index is 11.5. The van der Waals surface area contributed by atoms with Crippen molar-refractivity contribution in [2.24, 2.45) is 10.8 Å². The Bertz CT molecular complexity index is 355.